The lowest BCUT2D eigenvalue weighted by Gasteiger charge is -2.23. The zero-order chi connectivity index (χ0) is 13.2. The minimum atomic E-state index is 0.0450. The minimum absolute atomic E-state index is 0.0450. The van der Waals surface area contributed by atoms with Crippen molar-refractivity contribution in [3.05, 3.63) is 48.6 Å². The largest absolute Gasteiger partial charge is 0.359 e. The molecule has 1 aromatic rings. The number of methoxy groups -OCH3 is 1. The van der Waals surface area contributed by atoms with Gasteiger partial charge in [-0.1, -0.05) is 36.4 Å². The molecule has 0 amide bonds. The van der Waals surface area contributed by atoms with Gasteiger partial charge in [0.05, 0.1) is 6.10 Å². The van der Waals surface area contributed by atoms with Crippen molar-refractivity contribution in [3.8, 4) is 0 Å². The molecule has 0 aliphatic rings. The van der Waals surface area contributed by atoms with Crippen LogP contribution in [0.3, 0.4) is 0 Å². The molecule has 0 radical (unpaired) electrons. The van der Waals surface area contributed by atoms with Gasteiger partial charge in [0.15, 0.2) is 0 Å². The molecule has 18 heavy (non-hydrogen) atoms. The lowest BCUT2D eigenvalue weighted by atomic mass is 10.00. The van der Waals surface area contributed by atoms with Crippen LogP contribution in [-0.2, 0) is 9.47 Å². The standard InChI is InChI=1S/C15H23NO2/c1-4-8-14(16-2)11-15(18-12-17-3)13-9-6-5-7-10-13/h4-7,9-10,14-16H,1,8,11-12H2,2-3H3/t14-,15+/m1/s1. The van der Waals surface area contributed by atoms with E-state index in [-0.39, 0.29) is 6.10 Å². The fourth-order valence-corrected chi connectivity index (χ4v) is 1.91. The van der Waals surface area contributed by atoms with Gasteiger partial charge in [-0.2, -0.15) is 0 Å². The van der Waals surface area contributed by atoms with E-state index in [0.717, 1.165) is 12.8 Å². The van der Waals surface area contributed by atoms with Crippen molar-refractivity contribution < 1.29 is 9.47 Å². The first kappa shape index (κ1) is 14.9. The molecular formula is C15H23NO2. The summed E-state index contributed by atoms with van der Waals surface area (Å²) in [6.45, 7) is 4.09. The van der Waals surface area contributed by atoms with Gasteiger partial charge in [0.2, 0.25) is 0 Å². The molecule has 2 atom stereocenters. The van der Waals surface area contributed by atoms with Crippen LogP contribution in [0.25, 0.3) is 0 Å². The predicted molar refractivity (Wildman–Crippen MR) is 74.4 cm³/mol. The normalized spacial score (nSPS) is 14.1. The number of rotatable bonds is 9. The second-order valence-electron chi connectivity index (χ2n) is 4.22. The first-order valence-electron chi connectivity index (χ1n) is 6.25. The predicted octanol–water partition coefficient (Wildman–Crippen LogP) is 2.90. The highest BCUT2D eigenvalue weighted by molar-refractivity contribution is 5.17. The van der Waals surface area contributed by atoms with Crippen LogP contribution < -0.4 is 5.32 Å². The Morgan fingerprint density at radius 2 is 2.06 bits per heavy atom. The smallest absolute Gasteiger partial charge is 0.147 e. The molecule has 0 unspecified atom stereocenters. The Morgan fingerprint density at radius 3 is 2.61 bits per heavy atom. The third-order valence-corrected chi connectivity index (χ3v) is 2.92. The van der Waals surface area contributed by atoms with E-state index in [0.29, 0.717) is 12.8 Å². The molecule has 0 aromatic heterocycles. The number of nitrogens with one attached hydrogen (secondary N) is 1. The number of ether oxygens (including phenoxy) is 2. The van der Waals surface area contributed by atoms with Crippen molar-refractivity contribution in [2.24, 2.45) is 0 Å². The van der Waals surface area contributed by atoms with Crippen LogP contribution in [0.1, 0.15) is 24.5 Å². The lowest BCUT2D eigenvalue weighted by Crippen LogP contribution is -2.27. The average molecular weight is 249 g/mol. The van der Waals surface area contributed by atoms with Gasteiger partial charge in [-0.05, 0) is 25.5 Å². The Morgan fingerprint density at radius 1 is 1.33 bits per heavy atom. The van der Waals surface area contributed by atoms with Crippen LogP contribution in [0.5, 0.6) is 0 Å². The van der Waals surface area contributed by atoms with E-state index in [1.165, 1.54) is 5.56 Å². The SMILES string of the molecule is C=CC[C@H](C[C@H](OCOC)c1ccccc1)NC. The van der Waals surface area contributed by atoms with Crippen LogP contribution in [0, 0.1) is 0 Å². The van der Waals surface area contributed by atoms with Crippen molar-refractivity contribution in [3.63, 3.8) is 0 Å². The summed E-state index contributed by atoms with van der Waals surface area (Å²) in [5, 5.41) is 3.29. The lowest BCUT2D eigenvalue weighted by molar-refractivity contribution is -0.0782. The molecule has 0 saturated heterocycles. The molecule has 100 valence electrons. The molecule has 1 N–H and O–H groups in total. The topological polar surface area (TPSA) is 30.5 Å². The van der Waals surface area contributed by atoms with E-state index in [1.54, 1.807) is 7.11 Å². The van der Waals surface area contributed by atoms with Gasteiger partial charge in [-0.15, -0.1) is 6.58 Å². The van der Waals surface area contributed by atoms with Crippen molar-refractivity contribution in [2.45, 2.75) is 25.0 Å². The summed E-state index contributed by atoms with van der Waals surface area (Å²) in [4.78, 5) is 0. The molecule has 0 heterocycles. The molecule has 0 spiro atoms. The highest BCUT2D eigenvalue weighted by Gasteiger charge is 2.16. The average Bonchev–Trinajstić information content (AvgIpc) is 2.43. The summed E-state index contributed by atoms with van der Waals surface area (Å²) < 4.78 is 10.8. The molecule has 0 aliphatic heterocycles. The summed E-state index contributed by atoms with van der Waals surface area (Å²) in [6, 6.07) is 10.6. The van der Waals surface area contributed by atoms with Crippen molar-refractivity contribution in [1.82, 2.24) is 5.32 Å². The van der Waals surface area contributed by atoms with Crippen molar-refractivity contribution in [2.75, 3.05) is 21.0 Å². The Balaban J connectivity index is 2.68. The Labute approximate surface area is 110 Å². The monoisotopic (exact) mass is 249 g/mol. The minimum Gasteiger partial charge on any atom is -0.359 e. The molecule has 0 aliphatic carbocycles. The summed E-state index contributed by atoms with van der Waals surface area (Å²) in [7, 11) is 3.61. The maximum atomic E-state index is 5.76. The molecule has 0 bridgehead atoms. The molecule has 3 nitrogen and oxygen atoms in total. The van der Waals surface area contributed by atoms with Gasteiger partial charge < -0.3 is 14.8 Å². The molecule has 1 aromatic carbocycles. The first-order chi connectivity index (χ1) is 8.81. The van der Waals surface area contributed by atoms with Gasteiger partial charge in [0.25, 0.3) is 0 Å². The zero-order valence-corrected chi connectivity index (χ0v) is 11.3. The summed E-state index contributed by atoms with van der Waals surface area (Å²) in [5.41, 5.74) is 1.18. The Kier molecular flexibility index (Phi) is 7.34. The third-order valence-electron chi connectivity index (χ3n) is 2.92. The maximum Gasteiger partial charge on any atom is 0.147 e. The van der Waals surface area contributed by atoms with Gasteiger partial charge in [0.1, 0.15) is 6.79 Å². The van der Waals surface area contributed by atoms with Crippen molar-refractivity contribution in [1.29, 1.82) is 0 Å². The van der Waals surface area contributed by atoms with Gasteiger partial charge >= 0.3 is 0 Å². The quantitative estimate of drug-likeness (QED) is 0.539. The zero-order valence-electron chi connectivity index (χ0n) is 11.3. The van der Waals surface area contributed by atoms with E-state index in [4.69, 9.17) is 9.47 Å². The highest BCUT2D eigenvalue weighted by atomic mass is 16.7. The highest BCUT2D eigenvalue weighted by Crippen LogP contribution is 2.23. The Bertz CT molecular complexity index is 327. The van der Waals surface area contributed by atoms with E-state index in [2.05, 4.69) is 24.0 Å². The fourth-order valence-electron chi connectivity index (χ4n) is 1.91. The number of benzene rings is 1. The molecular weight excluding hydrogens is 226 g/mol. The molecule has 0 saturated carbocycles. The molecule has 0 fully saturated rings. The van der Waals surface area contributed by atoms with Crippen molar-refractivity contribution >= 4 is 0 Å². The molecule has 3 heteroatoms. The van der Waals surface area contributed by atoms with E-state index >= 15 is 0 Å². The summed E-state index contributed by atoms with van der Waals surface area (Å²) >= 11 is 0. The summed E-state index contributed by atoms with van der Waals surface area (Å²) in [6.07, 6.45) is 3.80. The number of hydrogen-bond acceptors (Lipinski definition) is 3. The second kappa shape index (κ2) is 8.86. The maximum absolute atomic E-state index is 5.76. The molecule has 1 rings (SSSR count). The van der Waals surface area contributed by atoms with E-state index in [9.17, 15) is 0 Å². The van der Waals surface area contributed by atoms with Crippen LogP contribution in [0.15, 0.2) is 43.0 Å². The fraction of sp³-hybridized carbons (Fsp3) is 0.467. The first-order valence-corrected chi connectivity index (χ1v) is 6.25. The van der Waals surface area contributed by atoms with Gasteiger partial charge in [-0.3, -0.25) is 0 Å². The van der Waals surface area contributed by atoms with E-state index < -0.39 is 0 Å². The third kappa shape index (κ3) is 5.00. The van der Waals surface area contributed by atoms with Crippen LogP contribution in [0.2, 0.25) is 0 Å². The van der Waals surface area contributed by atoms with Gasteiger partial charge in [0, 0.05) is 13.2 Å². The second-order valence-corrected chi connectivity index (χ2v) is 4.22. The Hall–Kier alpha value is -1.16. The summed E-state index contributed by atoms with van der Waals surface area (Å²) in [5.74, 6) is 0. The van der Waals surface area contributed by atoms with Gasteiger partial charge in [-0.25, -0.2) is 0 Å². The van der Waals surface area contributed by atoms with E-state index in [1.807, 2.05) is 31.3 Å². The van der Waals surface area contributed by atoms with Crippen LogP contribution in [-0.4, -0.2) is 27.0 Å². The number of hydrogen-bond donors (Lipinski definition) is 1. The van der Waals surface area contributed by atoms with Crippen LogP contribution in [0.4, 0.5) is 0 Å². The van der Waals surface area contributed by atoms with Crippen LogP contribution >= 0.6 is 0 Å².